The van der Waals surface area contributed by atoms with Gasteiger partial charge in [0.2, 0.25) is 0 Å². The number of nitrogens with zero attached hydrogens (tertiary/aromatic N) is 1. The van der Waals surface area contributed by atoms with Crippen molar-refractivity contribution in [2.75, 3.05) is 0 Å². The van der Waals surface area contributed by atoms with Crippen LogP contribution >= 0.6 is 11.6 Å². The number of carbonyl (C=O) groups excluding carboxylic acids is 1. The molecule has 0 unspecified atom stereocenters. The number of nitrogens with one attached hydrogen (secondary N) is 1. The average molecular weight is 599 g/mol. The average Bonchev–Trinajstić information content (AvgIpc) is 3.47. The van der Waals surface area contributed by atoms with E-state index < -0.39 is 12.0 Å². The minimum Gasteiger partial charge on any atom is -0.481 e. The van der Waals surface area contributed by atoms with Gasteiger partial charge in [-0.15, -0.1) is 0 Å². The van der Waals surface area contributed by atoms with Gasteiger partial charge in [0.1, 0.15) is 17.2 Å². The molecule has 0 aliphatic heterocycles. The van der Waals surface area contributed by atoms with E-state index in [0.717, 1.165) is 47.0 Å². The minimum absolute atomic E-state index is 0.0653. The van der Waals surface area contributed by atoms with Crippen LogP contribution in [-0.2, 0) is 23.1 Å². The van der Waals surface area contributed by atoms with Gasteiger partial charge in [-0.3, -0.25) is 9.59 Å². The fourth-order valence-electron chi connectivity index (χ4n) is 5.83. The van der Waals surface area contributed by atoms with Gasteiger partial charge in [-0.2, -0.15) is 0 Å². The van der Waals surface area contributed by atoms with E-state index in [1.807, 2.05) is 42.5 Å². The van der Waals surface area contributed by atoms with Crippen molar-refractivity contribution in [3.05, 3.63) is 100 Å². The summed E-state index contributed by atoms with van der Waals surface area (Å²) in [6.45, 7) is 6.56. The summed E-state index contributed by atoms with van der Waals surface area (Å²) in [4.78, 5) is 30.0. The number of amides is 1. The van der Waals surface area contributed by atoms with Gasteiger partial charge in [0.15, 0.2) is 0 Å². The maximum atomic E-state index is 13.5. The molecule has 0 radical (unpaired) electrons. The highest BCUT2D eigenvalue weighted by Crippen LogP contribution is 2.33. The fourth-order valence-corrected chi connectivity index (χ4v) is 5.95. The van der Waals surface area contributed by atoms with Crippen LogP contribution in [0.1, 0.15) is 80.2 Å². The van der Waals surface area contributed by atoms with Gasteiger partial charge < -0.3 is 15.2 Å². The van der Waals surface area contributed by atoms with Crippen LogP contribution in [0.3, 0.4) is 0 Å². The molecular formula is C36H39ClN2O4. The van der Waals surface area contributed by atoms with Crippen LogP contribution in [0.5, 0.6) is 11.5 Å². The Morgan fingerprint density at radius 2 is 1.65 bits per heavy atom. The number of carboxylic acid groups (broad SMARTS) is 1. The van der Waals surface area contributed by atoms with E-state index in [0.29, 0.717) is 28.8 Å². The number of benzene rings is 3. The molecule has 3 aromatic carbocycles. The molecule has 0 spiro atoms. The number of aliphatic carboxylic acids is 1. The number of carboxylic acids is 1. The molecule has 0 saturated heterocycles. The second kappa shape index (κ2) is 13.2. The van der Waals surface area contributed by atoms with Crippen LogP contribution in [0, 0.1) is 5.92 Å². The number of pyridine rings is 1. The SMILES string of the molecule is CC(C)(C)c1ccc(Oc2ccc3cc(C(=O)N[C@H](CC(=O)O)Cc4ccc(Cl)cc4)nc(CC4CCCC4)c3c2)cc1. The molecule has 2 N–H and O–H groups in total. The fraction of sp³-hybridized carbons (Fsp3) is 0.361. The number of hydrogen-bond acceptors (Lipinski definition) is 4. The van der Waals surface area contributed by atoms with Crippen LogP contribution in [0.4, 0.5) is 0 Å². The Labute approximate surface area is 258 Å². The van der Waals surface area contributed by atoms with Crippen molar-refractivity contribution in [3.63, 3.8) is 0 Å². The zero-order valence-electron chi connectivity index (χ0n) is 25.0. The van der Waals surface area contributed by atoms with Gasteiger partial charge in [0.25, 0.3) is 5.91 Å². The zero-order chi connectivity index (χ0) is 30.6. The predicted octanol–water partition coefficient (Wildman–Crippen LogP) is 8.53. The van der Waals surface area contributed by atoms with Gasteiger partial charge in [-0.25, -0.2) is 4.98 Å². The lowest BCUT2D eigenvalue weighted by Gasteiger charge is -2.19. The second-order valence-corrected chi connectivity index (χ2v) is 13.1. The summed E-state index contributed by atoms with van der Waals surface area (Å²) >= 11 is 6.01. The molecule has 5 rings (SSSR count). The summed E-state index contributed by atoms with van der Waals surface area (Å²) in [6, 6.07) is 22.5. The summed E-state index contributed by atoms with van der Waals surface area (Å²) in [5.41, 5.74) is 3.36. The Balaban J connectivity index is 1.42. The lowest BCUT2D eigenvalue weighted by molar-refractivity contribution is -0.137. The van der Waals surface area contributed by atoms with Crippen LogP contribution in [0.15, 0.2) is 72.8 Å². The van der Waals surface area contributed by atoms with Crippen LogP contribution in [0.25, 0.3) is 10.8 Å². The highest BCUT2D eigenvalue weighted by molar-refractivity contribution is 6.30. The number of aromatic nitrogens is 1. The molecule has 43 heavy (non-hydrogen) atoms. The highest BCUT2D eigenvalue weighted by atomic mass is 35.5. The Morgan fingerprint density at radius 1 is 0.977 bits per heavy atom. The van der Waals surface area contributed by atoms with Crippen molar-refractivity contribution in [1.29, 1.82) is 0 Å². The number of rotatable bonds is 10. The number of hydrogen-bond donors (Lipinski definition) is 2. The summed E-state index contributed by atoms with van der Waals surface area (Å²) in [5.74, 6) is 0.640. The van der Waals surface area contributed by atoms with Gasteiger partial charge in [0.05, 0.1) is 6.42 Å². The predicted molar refractivity (Wildman–Crippen MR) is 171 cm³/mol. The number of carbonyl (C=O) groups is 2. The van der Waals surface area contributed by atoms with Crippen molar-refractivity contribution in [2.45, 2.75) is 77.2 Å². The van der Waals surface area contributed by atoms with E-state index in [1.165, 1.54) is 18.4 Å². The van der Waals surface area contributed by atoms with Crippen LogP contribution < -0.4 is 10.1 Å². The molecule has 1 atom stereocenters. The van der Waals surface area contributed by atoms with Crippen molar-refractivity contribution >= 4 is 34.2 Å². The van der Waals surface area contributed by atoms with Crippen LogP contribution in [0.2, 0.25) is 5.02 Å². The van der Waals surface area contributed by atoms with E-state index in [1.54, 1.807) is 18.2 Å². The largest absolute Gasteiger partial charge is 0.481 e. The Kier molecular flexibility index (Phi) is 9.36. The summed E-state index contributed by atoms with van der Waals surface area (Å²) < 4.78 is 6.24. The van der Waals surface area contributed by atoms with E-state index in [2.05, 4.69) is 38.2 Å². The van der Waals surface area contributed by atoms with E-state index in [-0.39, 0.29) is 17.7 Å². The molecule has 1 aromatic heterocycles. The van der Waals surface area contributed by atoms with Crippen molar-refractivity contribution in [2.24, 2.45) is 5.92 Å². The van der Waals surface area contributed by atoms with Gasteiger partial charge >= 0.3 is 5.97 Å². The first kappa shape index (κ1) is 30.6. The Morgan fingerprint density at radius 3 is 2.30 bits per heavy atom. The Bertz CT molecular complexity index is 1590. The maximum Gasteiger partial charge on any atom is 0.305 e. The molecule has 4 aromatic rings. The number of ether oxygens (including phenoxy) is 1. The van der Waals surface area contributed by atoms with E-state index in [9.17, 15) is 14.7 Å². The minimum atomic E-state index is -0.978. The highest BCUT2D eigenvalue weighted by Gasteiger charge is 2.22. The lowest BCUT2D eigenvalue weighted by Crippen LogP contribution is -2.38. The normalized spacial score (nSPS) is 14.5. The van der Waals surface area contributed by atoms with Gasteiger partial charge in [-0.05, 0) is 83.2 Å². The van der Waals surface area contributed by atoms with Gasteiger partial charge in [-0.1, -0.05) is 88.4 Å². The molecule has 224 valence electrons. The monoisotopic (exact) mass is 598 g/mol. The molecule has 7 heteroatoms. The molecule has 1 aliphatic rings. The topological polar surface area (TPSA) is 88.5 Å². The lowest BCUT2D eigenvalue weighted by atomic mass is 9.87. The second-order valence-electron chi connectivity index (χ2n) is 12.7. The third-order valence-electron chi connectivity index (χ3n) is 8.18. The zero-order valence-corrected chi connectivity index (χ0v) is 25.8. The first-order valence-electron chi connectivity index (χ1n) is 15.0. The molecule has 1 heterocycles. The quantitative estimate of drug-likeness (QED) is 0.191. The summed E-state index contributed by atoms with van der Waals surface area (Å²) in [5, 5.41) is 14.9. The summed E-state index contributed by atoms with van der Waals surface area (Å²) in [7, 11) is 0. The molecule has 1 saturated carbocycles. The van der Waals surface area contributed by atoms with Gasteiger partial charge in [0, 0.05) is 22.1 Å². The van der Waals surface area contributed by atoms with Crippen LogP contribution in [-0.4, -0.2) is 28.0 Å². The Hall–Kier alpha value is -3.90. The first-order valence-corrected chi connectivity index (χ1v) is 15.4. The number of fused-ring (bicyclic) bond motifs is 1. The van der Waals surface area contributed by atoms with E-state index in [4.69, 9.17) is 21.3 Å². The molecule has 6 nitrogen and oxygen atoms in total. The molecule has 1 amide bonds. The van der Waals surface area contributed by atoms with E-state index >= 15 is 0 Å². The molecule has 0 bridgehead atoms. The van der Waals surface area contributed by atoms with Crippen molar-refractivity contribution in [3.8, 4) is 11.5 Å². The molecular weight excluding hydrogens is 560 g/mol. The van der Waals surface area contributed by atoms with Crippen molar-refractivity contribution in [1.82, 2.24) is 10.3 Å². The third-order valence-corrected chi connectivity index (χ3v) is 8.43. The summed E-state index contributed by atoms with van der Waals surface area (Å²) in [6.07, 6.45) is 5.68. The first-order chi connectivity index (χ1) is 20.5. The molecule has 1 aliphatic carbocycles. The molecule has 1 fully saturated rings. The van der Waals surface area contributed by atoms with Crippen molar-refractivity contribution < 1.29 is 19.4 Å². The smallest absolute Gasteiger partial charge is 0.305 e. The maximum absolute atomic E-state index is 13.5. The third kappa shape index (κ3) is 8.14. The number of halogens is 1. The standard InChI is InChI=1S/C36H39ClN2O4/c1-36(2,3)26-11-16-29(17-12-26)43-30-15-10-25-20-33(39-32(31(25)22-30)19-23-6-4-5-7-23)35(42)38-28(21-34(40)41)18-24-8-13-27(37)14-9-24/h8-17,20,22-23,28H,4-7,18-19,21H2,1-3H3,(H,38,42)(H,40,41)/t28-/m0/s1.